The number of aliphatic hydroxyl groups is 1. The van der Waals surface area contributed by atoms with Crippen molar-refractivity contribution in [1.82, 2.24) is 4.90 Å². The van der Waals surface area contributed by atoms with Crippen molar-refractivity contribution in [2.45, 2.75) is 207 Å². The highest BCUT2D eigenvalue weighted by Gasteiger charge is 2.36. The first kappa shape index (κ1) is 44.0. The van der Waals surface area contributed by atoms with Gasteiger partial charge in [0.1, 0.15) is 6.10 Å². The third-order valence-corrected chi connectivity index (χ3v) is 10.3. The SMILES string of the molecule is C=C(CCCN(CCO)CCCCCCCC(=O)OC(CCCCCCCC)CCCCCCCC)OCC1CC1CCCCCC. The van der Waals surface area contributed by atoms with Crippen molar-refractivity contribution in [3.8, 4) is 0 Å². The maximum Gasteiger partial charge on any atom is 0.306 e. The van der Waals surface area contributed by atoms with Crippen molar-refractivity contribution in [3.05, 3.63) is 12.3 Å². The molecule has 1 saturated carbocycles. The lowest BCUT2D eigenvalue weighted by Crippen LogP contribution is -2.29. The molecule has 1 aliphatic carbocycles. The summed E-state index contributed by atoms with van der Waals surface area (Å²) in [5.41, 5.74) is 0. The summed E-state index contributed by atoms with van der Waals surface area (Å²) < 4.78 is 12.0. The van der Waals surface area contributed by atoms with Gasteiger partial charge in [0.15, 0.2) is 0 Å². The number of ether oxygens (including phenoxy) is 2. The molecule has 0 aromatic carbocycles. The molecule has 5 nitrogen and oxygen atoms in total. The zero-order valence-corrected chi connectivity index (χ0v) is 31.9. The molecule has 0 bridgehead atoms. The number of aliphatic hydroxyl groups excluding tert-OH is 1. The topological polar surface area (TPSA) is 59.0 Å². The van der Waals surface area contributed by atoms with Gasteiger partial charge in [0.2, 0.25) is 0 Å². The van der Waals surface area contributed by atoms with Gasteiger partial charge in [-0.15, -0.1) is 0 Å². The highest BCUT2D eigenvalue weighted by molar-refractivity contribution is 5.69. The smallest absolute Gasteiger partial charge is 0.306 e. The molecular weight excluding hydrogens is 582 g/mol. The van der Waals surface area contributed by atoms with Gasteiger partial charge < -0.3 is 19.5 Å². The number of rotatable bonds is 37. The normalized spacial score (nSPS) is 15.9. The van der Waals surface area contributed by atoms with E-state index in [1.807, 2.05) is 0 Å². The Bertz CT molecular complexity index is 697. The molecule has 278 valence electrons. The maximum absolute atomic E-state index is 12.7. The van der Waals surface area contributed by atoms with Crippen LogP contribution < -0.4 is 0 Å². The van der Waals surface area contributed by atoms with Crippen molar-refractivity contribution in [1.29, 1.82) is 0 Å². The molecular formula is C42H81NO4. The van der Waals surface area contributed by atoms with Crippen LogP contribution in [0.1, 0.15) is 201 Å². The van der Waals surface area contributed by atoms with Gasteiger partial charge in [0.25, 0.3) is 0 Å². The first-order valence-corrected chi connectivity index (χ1v) is 20.9. The number of carbonyl (C=O) groups excluding carboxylic acids is 1. The standard InChI is InChI=1S/C42H81NO4/c1-5-8-11-14-17-22-29-41(30-23-18-15-12-9-6-2)47-42(45)31-24-19-16-20-25-32-43(34-35-44)33-26-27-38(4)46-37-40-36-39(40)28-21-13-10-7-3/h39-41,44H,4-37H2,1-3H3. The van der Waals surface area contributed by atoms with E-state index in [0.717, 1.165) is 95.2 Å². The number of carbonyl (C=O) groups is 1. The Morgan fingerprint density at radius 3 is 1.81 bits per heavy atom. The second-order valence-corrected chi connectivity index (χ2v) is 14.9. The second kappa shape index (κ2) is 32.2. The van der Waals surface area contributed by atoms with Crippen molar-refractivity contribution in [3.63, 3.8) is 0 Å². The monoisotopic (exact) mass is 664 g/mol. The Morgan fingerprint density at radius 2 is 1.19 bits per heavy atom. The lowest BCUT2D eigenvalue weighted by molar-refractivity contribution is -0.150. The highest BCUT2D eigenvalue weighted by Crippen LogP contribution is 2.43. The quantitative estimate of drug-likeness (QED) is 0.0407. The zero-order valence-electron chi connectivity index (χ0n) is 31.9. The molecule has 2 atom stereocenters. The van der Waals surface area contributed by atoms with Gasteiger partial charge in [-0.1, -0.05) is 143 Å². The molecule has 1 rings (SSSR count). The Balaban J connectivity index is 2.13. The second-order valence-electron chi connectivity index (χ2n) is 14.9. The van der Waals surface area contributed by atoms with Crippen LogP contribution in [0.25, 0.3) is 0 Å². The first-order valence-electron chi connectivity index (χ1n) is 20.9. The minimum Gasteiger partial charge on any atom is -0.498 e. The van der Waals surface area contributed by atoms with Crippen molar-refractivity contribution in [2.75, 3.05) is 32.8 Å². The molecule has 0 aliphatic heterocycles. The van der Waals surface area contributed by atoms with Gasteiger partial charge in [-0.2, -0.15) is 0 Å². The third-order valence-electron chi connectivity index (χ3n) is 10.3. The molecule has 0 aromatic rings. The van der Waals surface area contributed by atoms with Gasteiger partial charge in [0, 0.05) is 19.4 Å². The van der Waals surface area contributed by atoms with E-state index in [9.17, 15) is 9.90 Å². The lowest BCUT2D eigenvalue weighted by atomic mass is 10.0. The Kier molecular flexibility index (Phi) is 30.1. The number of esters is 1. The number of nitrogens with zero attached hydrogens (tertiary/aromatic N) is 1. The first-order chi connectivity index (χ1) is 23.0. The van der Waals surface area contributed by atoms with E-state index in [1.165, 1.54) is 122 Å². The molecule has 0 saturated heterocycles. The van der Waals surface area contributed by atoms with Gasteiger partial charge >= 0.3 is 5.97 Å². The third kappa shape index (κ3) is 27.4. The van der Waals surface area contributed by atoms with Gasteiger partial charge in [0.05, 0.1) is 19.0 Å². The lowest BCUT2D eigenvalue weighted by Gasteiger charge is -2.21. The zero-order chi connectivity index (χ0) is 34.2. The summed E-state index contributed by atoms with van der Waals surface area (Å²) in [7, 11) is 0. The fourth-order valence-electron chi connectivity index (χ4n) is 6.92. The van der Waals surface area contributed by atoms with Crippen LogP contribution >= 0.6 is 0 Å². The molecule has 2 unspecified atom stereocenters. The fourth-order valence-corrected chi connectivity index (χ4v) is 6.92. The molecule has 0 amide bonds. The van der Waals surface area contributed by atoms with E-state index in [1.54, 1.807) is 0 Å². The largest absolute Gasteiger partial charge is 0.498 e. The van der Waals surface area contributed by atoms with E-state index < -0.39 is 0 Å². The highest BCUT2D eigenvalue weighted by atomic mass is 16.5. The predicted octanol–water partition coefficient (Wildman–Crippen LogP) is 12.0. The fraction of sp³-hybridized carbons (Fsp3) is 0.929. The average molecular weight is 664 g/mol. The number of unbranched alkanes of at least 4 members (excludes halogenated alkanes) is 17. The summed E-state index contributed by atoms with van der Waals surface area (Å²) in [6.45, 7) is 14.8. The minimum atomic E-state index is 0.0195. The van der Waals surface area contributed by atoms with Crippen LogP contribution in [0.15, 0.2) is 12.3 Å². The van der Waals surface area contributed by atoms with E-state index in [0.29, 0.717) is 6.42 Å². The number of allylic oxidation sites excluding steroid dienone is 1. The van der Waals surface area contributed by atoms with Gasteiger partial charge in [-0.05, 0) is 76.3 Å². The van der Waals surface area contributed by atoms with Crippen molar-refractivity contribution >= 4 is 5.97 Å². The van der Waals surface area contributed by atoms with Crippen LogP contribution in [0, 0.1) is 11.8 Å². The van der Waals surface area contributed by atoms with Crippen LogP contribution in [-0.4, -0.2) is 54.9 Å². The summed E-state index contributed by atoms with van der Waals surface area (Å²) >= 11 is 0. The van der Waals surface area contributed by atoms with Crippen molar-refractivity contribution in [2.24, 2.45) is 11.8 Å². The molecule has 1 fully saturated rings. The summed E-state index contributed by atoms with van der Waals surface area (Å²) in [5, 5.41) is 9.56. The minimum absolute atomic E-state index is 0.0195. The molecule has 0 radical (unpaired) electrons. The molecule has 1 N–H and O–H groups in total. The van der Waals surface area contributed by atoms with Crippen LogP contribution in [0.3, 0.4) is 0 Å². The Hall–Kier alpha value is -1.07. The molecule has 1 aliphatic rings. The molecule has 47 heavy (non-hydrogen) atoms. The van der Waals surface area contributed by atoms with Crippen LogP contribution in [0.5, 0.6) is 0 Å². The number of hydrogen-bond donors (Lipinski definition) is 1. The van der Waals surface area contributed by atoms with Crippen LogP contribution in [0.4, 0.5) is 0 Å². The summed E-state index contributed by atoms with van der Waals surface area (Å²) in [4.78, 5) is 15.1. The summed E-state index contributed by atoms with van der Waals surface area (Å²) in [6, 6.07) is 0. The van der Waals surface area contributed by atoms with E-state index in [4.69, 9.17) is 9.47 Å². The summed E-state index contributed by atoms with van der Waals surface area (Å²) in [5.74, 6) is 2.60. The molecule has 0 spiro atoms. The predicted molar refractivity (Wildman–Crippen MR) is 202 cm³/mol. The Labute approximate surface area is 293 Å². The maximum atomic E-state index is 12.7. The average Bonchev–Trinajstić information content (AvgIpc) is 3.82. The number of hydrogen-bond acceptors (Lipinski definition) is 5. The van der Waals surface area contributed by atoms with E-state index >= 15 is 0 Å². The molecule has 0 aromatic heterocycles. The van der Waals surface area contributed by atoms with Gasteiger partial charge in [-0.3, -0.25) is 4.79 Å². The molecule has 0 heterocycles. The summed E-state index contributed by atoms with van der Waals surface area (Å²) in [6.07, 6.45) is 33.8. The van der Waals surface area contributed by atoms with E-state index in [2.05, 4.69) is 32.3 Å². The van der Waals surface area contributed by atoms with Crippen LogP contribution in [0.2, 0.25) is 0 Å². The van der Waals surface area contributed by atoms with Crippen LogP contribution in [-0.2, 0) is 14.3 Å². The molecule has 5 heteroatoms. The van der Waals surface area contributed by atoms with Gasteiger partial charge in [-0.25, -0.2) is 0 Å². The van der Waals surface area contributed by atoms with Crippen molar-refractivity contribution < 1.29 is 19.4 Å². The Morgan fingerprint density at radius 1 is 0.660 bits per heavy atom. The van der Waals surface area contributed by atoms with E-state index in [-0.39, 0.29) is 18.7 Å².